The van der Waals surface area contributed by atoms with Crippen LogP contribution in [0.4, 0.5) is 5.69 Å². The van der Waals surface area contributed by atoms with E-state index in [-0.39, 0.29) is 0 Å². The number of aromatic nitrogens is 2. The average Bonchev–Trinajstić information content (AvgIpc) is 2.75. The third kappa shape index (κ3) is 2.24. The Hall–Kier alpha value is -2.15. The first kappa shape index (κ1) is 11.9. The average molecular weight is 252 g/mol. The number of rotatable bonds is 1. The standard InChI is InChI=1S/C15H16N4/c16-11-14-15(19-9-5-1-2-6-10-19)12-7-3-4-8-13(12)17-18-14/h3-4,7-8H,1-2,5-6,9-10H2. The quantitative estimate of drug-likeness (QED) is 0.783. The van der Waals surface area contributed by atoms with E-state index in [2.05, 4.69) is 21.2 Å². The van der Waals surface area contributed by atoms with Crippen LogP contribution in [0.25, 0.3) is 10.9 Å². The Morgan fingerprint density at radius 1 is 1.00 bits per heavy atom. The maximum Gasteiger partial charge on any atom is 0.187 e. The Kier molecular flexibility index (Phi) is 3.28. The highest BCUT2D eigenvalue weighted by Gasteiger charge is 2.18. The number of nitrogens with zero attached hydrogens (tertiary/aromatic N) is 4. The van der Waals surface area contributed by atoms with E-state index in [1.807, 2.05) is 24.3 Å². The molecule has 1 aromatic heterocycles. The van der Waals surface area contributed by atoms with Gasteiger partial charge in [-0.05, 0) is 18.9 Å². The van der Waals surface area contributed by atoms with Gasteiger partial charge in [0.2, 0.25) is 0 Å². The molecule has 4 nitrogen and oxygen atoms in total. The monoisotopic (exact) mass is 252 g/mol. The van der Waals surface area contributed by atoms with E-state index in [4.69, 9.17) is 0 Å². The van der Waals surface area contributed by atoms with E-state index in [1.165, 1.54) is 25.7 Å². The molecular weight excluding hydrogens is 236 g/mol. The van der Waals surface area contributed by atoms with Gasteiger partial charge in [0.15, 0.2) is 5.69 Å². The number of benzene rings is 1. The largest absolute Gasteiger partial charge is 0.369 e. The van der Waals surface area contributed by atoms with Gasteiger partial charge in [0, 0.05) is 18.5 Å². The molecule has 1 saturated heterocycles. The van der Waals surface area contributed by atoms with Gasteiger partial charge in [-0.15, -0.1) is 10.2 Å². The van der Waals surface area contributed by atoms with Gasteiger partial charge in [-0.2, -0.15) is 5.26 Å². The van der Waals surface area contributed by atoms with Crippen molar-refractivity contribution in [3.63, 3.8) is 0 Å². The van der Waals surface area contributed by atoms with Gasteiger partial charge in [0.1, 0.15) is 6.07 Å². The van der Waals surface area contributed by atoms with Gasteiger partial charge in [-0.3, -0.25) is 0 Å². The molecule has 1 aromatic carbocycles. The maximum atomic E-state index is 9.30. The Bertz CT molecular complexity index is 622. The number of nitriles is 1. The Balaban J connectivity index is 2.16. The van der Waals surface area contributed by atoms with Crippen LogP contribution in [0.3, 0.4) is 0 Å². The van der Waals surface area contributed by atoms with Crippen molar-refractivity contribution in [3.05, 3.63) is 30.0 Å². The van der Waals surface area contributed by atoms with Crippen molar-refractivity contribution in [1.29, 1.82) is 5.26 Å². The normalized spacial score (nSPS) is 16.1. The predicted octanol–water partition coefficient (Wildman–Crippen LogP) is 2.88. The molecule has 0 spiro atoms. The third-order valence-electron chi connectivity index (χ3n) is 3.67. The predicted molar refractivity (Wildman–Crippen MR) is 74.9 cm³/mol. The van der Waals surface area contributed by atoms with E-state index in [0.717, 1.165) is 29.7 Å². The fourth-order valence-corrected chi connectivity index (χ4v) is 2.73. The van der Waals surface area contributed by atoms with Crippen LogP contribution in [0.15, 0.2) is 24.3 Å². The minimum Gasteiger partial charge on any atom is -0.369 e. The Morgan fingerprint density at radius 3 is 2.47 bits per heavy atom. The van der Waals surface area contributed by atoms with E-state index >= 15 is 0 Å². The fraction of sp³-hybridized carbons (Fsp3) is 0.400. The molecule has 1 fully saturated rings. The molecular formula is C15H16N4. The second kappa shape index (κ2) is 5.23. The summed E-state index contributed by atoms with van der Waals surface area (Å²) in [5.41, 5.74) is 2.27. The van der Waals surface area contributed by atoms with Gasteiger partial charge in [-0.25, -0.2) is 0 Å². The Labute approximate surface area is 112 Å². The van der Waals surface area contributed by atoms with Crippen molar-refractivity contribution in [3.8, 4) is 6.07 Å². The highest BCUT2D eigenvalue weighted by Crippen LogP contribution is 2.29. The summed E-state index contributed by atoms with van der Waals surface area (Å²) < 4.78 is 0. The van der Waals surface area contributed by atoms with Crippen molar-refractivity contribution in [2.24, 2.45) is 0 Å². The first-order chi connectivity index (χ1) is 9.40. The van der Waals surface area contributed by atoms with Crippen LogP contribution in [0.5, 0.6) is 0 Å². The molecule has 3 rings (SSSR count). The lowest BCUT2D eigenvalue weighted by Crippen LogP contribution is -2.25. The van der Waals surface area contributed by atoms with Crippen molar-refractivity contribution in [2.45, 2.75) is 25.7 Å². The van der Waals surface area contributed by atoms with Crippen molar-refractivity contribution < 1.29 is 0 Å². The van der Waals surface area contributed by atoms with Crippen LogP contribution in [0, 0.1) is 11.3 Å². The molecule has 4 heteroatoms. The van der Waals surface area contributed by atoms with E-state index in [1.54, 1.807) is 0 Å². The van der Waals surface area contributed by atoms with E-state index in [9.17, 15) is 5.26 Å². The topological polar surface area (TPSA) is 52.8 Å². The molecule has 2 aromatic rings. The zero-order valence-electron chi connectivity index (χ0n) is 10.8. The Morgan fingerprint density at radius 2 is 1.74 bits per heavy atom. The second-order valence-corrected chi connectivity index (χ2v) is 4.93. The number of fused-ring (bicyclic) bond motifs is 1. The minimum atomic E-state index is 0.445. The SMILES string of the molecule is N#Cc1nnc2ccccc2c1N1CCCCCC1. The van der Waals surface area contributed by atoms with Gasteiger partial charge in [-0.1, -0.05) is 31.0 Å². The van der Waals surface area contributed by atoms with Crippen LogP contribution >= 0.6 is 0 Å². The lowest BCUT2D eigenvalue weighted by Gasteiger charge is -2.24. The summed E-state index contributed by atoms with van der Waals surface area (Å²) in [6.45, 7) is 2.01. The summed E-state index contributed by atoms with van der Waals surface area (Å²) in [5, 5.41) is 18.5. The molecule has 2 heterocycles. The lowest BCUT2D eigenvalue weighted by molar-refractivity contribution is 0.726. The molecule has 0 N–H and O–H groups in total. The first-order valence-electron chi connectivity index (χ1n) is 6.80. The van der Waals surface area contributed by atoms with Crippen LogP contribution in [0.2, 0.25) is 0 Å². The highest BCUT2D eigenvalue weighted by atomic mass is 15.2. The molecule has 0 amide bonds. The summed E-state index contributed by atoms with van der Waals surface area (Å²) in [4.78, 5) is 2.31. The number of hydrogen-bond acceptors (Lipinski definition) is 4. The van der Waals surface area contributed by atoms with Gasteiger partial charge < -0.3 is 4.90 Å². The van der Waals surface area contributed by atoms with Crippen LogP contribution in [0.1, 0.15) is 31.4 Å². The van der Waals surface area contributed by atoms with Crippen LogP contribution in [-0.2, 0) is 0 Å². The van der Waals surface area contributed by atoms with E-state index < -0.39 is 0 Å². The molecule has 0 radical (unpaired) electrons. The van der Waals surface area contributed by atoms with E-state index in [0.29, 0.717) is 5.69 Å². The summed E-state index contributed by atoms with van der Waals surface area (Å²) >= 11 is 0. The molecule has 1 aliphatic rings. The molecule has 0 atom stereocenters. The van der Waals surface area contributed by atoms with Crippen molar-refractivity contribution in [1.82, 2.24) is 10.2 Å². The third-order valence-corrected chi connectivity index (χ3v) is 3.67. The summed E-state index contributed by atoms with van der Waals surface area (Å²) in [6, 6.07) is 10.1. The molecule has 0 unspecified atom stereocenters. The molecule has 1 aliphatic heterocycles. The van der Waals surface area contributed by atoms with Gasteiger partial charge >= 0.3 is 0 Å². The first-order valence-corrected chi connectivity index (χ1v) is 6.80. The summed E-state index contributed by atoms with van der Waals surface area (Å²) in [5.74, 6) is 0. The smallest absolute Gasteiger partial charge is 0.187 e. The lowest BCUT2D eigenvalue weighted by atomic mass is 10.1. The van der Waals surface area contributed by atoms with Gasteiger partial charge in [0.25, 0.3) is 0 Å². The fourth-order valence-electron chi connectivity index (χ4n) is 2.73. The summed E-state index contributed by atoms with van der Waals surface area (Å²) in [7, 11) is 0. The maximum absolute atomic E-state index is 9.30. The molecule has 0 saturated carbocycles. The van der Waals surface area contributed by atoms with Gasteiger partial charge in [0.05, 0.1) is 11.2 Å². The highest BCUT2D eigenvalue weighted by molar-refractivity contribution is 5.93. The molecule has 96 valence electrons. The zero-order valence-corrected chi connectivity index (χ0v) is 10.8. The van der Waals surface area contributed by atoms with Crippen molar-refractivity contribution >= 4 is 16.6 Å². The molecule has 0 aliphatic carbocycles. The van der Waals surface area contributed by atoms with Crippen LogP contribution < -0.4 is 4.90 Å². The number of hydrogen-bond donors (Lipinski definition) is 0. The molecule has 0 bridgehead atoms. The number of anilines is 1. The molecule has 19 heavy (non-hydrogen) atoms. The second-order valence-electron chi connectivity index (χ2n) is 4.93. The van der Waals surface area contributed by atoms with Crippen LogP contribution in [-0.4, -0.2) is 23.3 Å². The summed E-state index contributed by atoms with van der Waals surface area (Å²) in [6.07, 6.45) is 4.91. The van der Waals surface area contributed by atoms with Crippen molar-refractivity contribution in [2.75, 3.05) is 18.0 Å². The zero-order chi connectivity index (χ0) is 13.1. The minimum absolute atomic E-state index is 0.445.